The number of hydrogen-bond donors (Lipinski definition) is 4. The Kier molecular flexibility index (Phi) is 9.75. The van der Waals surface area contributed by atoms with Gasteiger partial charge in [-0.15, -0.1) is 0 Å². The summed E-state index contributed by atoms with van der Waals surface area (Å²) in [5.41, 5.74) is 4.41. The molecule has 0 bridgehead atoms. The number of rotatable bonds is 15. The molecule has 190 valence electrons. The molecule has 1 fully saturated rings. The van der Waals surface area contributed by atoms with Gasteiger partial charge in [0.25, 0.3) is 0 Å². The van der Waals surface area contributed by atoms with Gasteiger partial charge in [0.15, 0.2) is 17.2 Å². The van der Waals surface area contributed by atoms with Crippen molar-refractivity contribution in [2.45, 2.75) is 108 Å². The molecule has 3 rings (SSSR count). The van der Waals surface area contributed by atoms with E-state index >= 15 is 0 Å². The summed E-state index contributed by atoms with van der Waals surface area (Å²) in [7, 11) is 0. The van der Waals surface area contributed by atoms with Crippen molar-refractivity contribution in [1.82, 2.24) is 19.5 Å². The molecule has 0 unspecified atom stereocenters. The summed E-state index contributed by atoms with van der Waals surface area (Å²) in [4.78, 5) is 25.7. The summed E-state index contributed by atoms with van der Waals surface area (Å²) >= 11 is 0. The monoisotopic (exact) mass is 477 g/mol. The van der Waals surface area contributed by atoms with E-state index in [2.05, 4.69) is 21.9 Å². The number of nitrogens with two attached hydrogens (primary N) is 1. The van der Waals surface area contributed by atoms with Crippen molar-refractivity contribution in [2.24, 2.45) is 0 Å². The Balaban J connectivity index is 1.61. The summed E-state index contributed by atoms with van der Waals surface area (Å²) in [6, 6.07) is 0. The Hall–Kier alpha value is -2.14. The van der Waals surface area contributed by atoms with Gasteiger partial charge in [-0.2, -0.15) is 0 Å². The van der Waals surface area contributed by atoms with Gasteiger partial charge in [0.05, 0.1) is 6.61 Å². The molecule has 1 aliphatic heterocycles. The molecule has 1 aliphatic rings. The van der Waals surface area contributed by atoms with E-state index < -0.39 is 36.4 Å². The lowest BCUT2D eigenvalue weighted by Crippen LogP contribution is -2.51. The number of ketones is 1. The van der Waals surface area contributed by atoms with E-state index in [1.165, 1.54) is 62.2 Å². The molecule has 10 nitrogen and oxygen atoms in total. The lowest BCUT2D eigenvalue weighted by Gasteiger charge is -2.32. The van der Waals surface area contributed by atoms with Crippen molar-refractivity contribution >= 4 is 22.8 Å². The Labute approximate surface area is 200 Å². The molecule has 0 aromatic carbocycles. The van der Waals surface area contributed by atoms with E-state index in [1.54, 1.807) is 0 Å². The second-order valence-corrected chi connectivity index (χ2v) is 9.23. The quantitative estimate of drug-likeness (QED) is 0.283. The zero-order valence-corrected chi connectivity index (χ0v) is 20.1. The highest BCUT2D eigenvalue weighted by atomic mass is 16.6. The fourth-order valence-corrected chi connectivity index (χ4v) is 4.74. The number of aromatic nitrogens is 4. The predicted octanol–water partition coefficient (Wildman–Crippen LogP) is 2.44. The standard InChI is InChI=1S/C24H39N5O5/c1-2-3-4-5-6-7-8-9-10-11-12-13-18(31)24(21(33)20(32)17(14-30)34-24)29-16-28-19-22(25)26-15-27-23(19)29/h15-17,20-21,30,32-33H,2-14H2,1H3,(H2,25,26,27)/t17-,20-,21-,24-/m1/s1. The van der Waals surface area contributed by atoms with Gasteiger partial charge >= 0.3 is 0 Å². The van der Waals surface area contributed by atoms with Crippen LogP contribution in [-0.4, -0.2) is 65.5 Å². The number of nitrogens with zero attached hydrogens (tertiary/aromatic N) is 4. The average Bonchev–Trinajstić information content (AvgIpc) is 3.38. The number of nitrogen functional groups attached to an aromatic ring is 1. The third-order valence-corrected chi connectivity index (χ3v) is 6.74. The number of carbonyl (C=O) groups is 1. The third-order valence-electron chi connectivity index (χ3n) is 6.74. The van der Waals surface area contributed by atoms with Crippen molar-refractivity contribution in [3.8, 4) is 0 Å². The molecule has 3 heterocycles. The number of aliphatic hydroxyl groups is 3. The van der Waals surface area contributed by atoms with Crippen LogP contribution in [0, 0.1) is 0 Å². The molecule has 2 aromatic rings. The maximum Gasteiger partial charge on any atom is 0.236 e. The van der Waals surface area contributed by atoms with Crippen LogP contribution in [0.3, 0.4) is 0 Å². The zero-order chi connectivity index (χ0) is 24.6. The molecule has 2 aromatic heterocycles. The van der Waals surface area contributed by atoms with E-state index in [4.69, 9.17) is 10.5 Å². The van der Waals surface area contributed by atoms with Gasteiger partial charge in [0, 0.05) is 6.42 Å². The second kappa shape index (κ2) is 12.5. The SMILES string of the molecule is CCCCCCCCCCCCCC(=O)[C@@]1(n2cnc3c(N)ncnc32)O[C@H](CO)[C@@H](O)[C@H]1O. The van der Waals surface area contributed by atoms with Crippen molar-refractivity contribution < 1.29 is 24.9 Å². The summed E-state index contributed by atoms with van der Waals surface area (Å²) < 4.78 is 7.16. The van der Waals surface area contributed by atoms with Crippen LogP contribution in [0.2, 0.25) is 0 Å². The zero-order valence-electron chi connectivity index (χ0n) is 20.1. The third kappa shape index (κ3) is 5.56. The van der Waals surface area contributed by atoms with E-state index in [0.717, 1.165) is 19.3 Å². The van der Waals surface area contributed by atoms with E-state index in [-0.39, 0.29) is 23.4 Å². The van der Waals surface area contributed by atoms with Gasteiger partial charge in [-0.3, -0.25) is 9.36 Å². The molecule has 34 heavy (non-hydrogen) atoms. The van der Waals surface area contributed by atoms with Gasteiger partial charge in [0.2, 0.25) is 5.72 Å². The molecule has 0 amide bonds. The van der Waals surface area contributed by atoms with Crippen LogP contribution >= 0.6 is 0 Å². The van der Waals surface area contributed by atoms with E-state index in [0.29, 0.717) is 6.42 Å². The highest BCUT2D eigenvalue weighted by molar-refractivity contribution is 5.89. The molecule has 1 saturated heterocycles. The number of anilines is 1. The molecule has 0 radical (unpaired) electrons. The summed E-state index contributed by atoms with van der Waals surface area (Å²) in [6.45, 7) is 1.68. The molecule has 4 atom stereocenters. The number of hydrogen-bond acceptors (Lipinski definition) is 9. The number of Topliss-reactive ketones (excluding diaryl/α,β-unsaturated/α-hetero) is 1. The molecule has 0 aliphatic carbocycles. The van der Waals surface area contributed by atoms with Crippen molar-refractivity contribution in [3.05, 3.63) is 12.7 Å². The first kappa shape index (κ1) is 26.5. The van der Waals surface area contributed by atoms with Crippen molar-refractivity contribution in [1.29, 1.82) is 0 Å². The molecule has 0 saturated carbocycles. The second-order valence-electron chi connectivity index (χ2n) is 9.23. The van der Waals surface area contributed by atoms with Crippen molar-refractivity contribution in [2.75, 3.05) is 12.3 Å². The minimum Gasteiger partial charge on any atom is -0.394 e. The van der Waals surface area contributed by atoms with E-state index in [9.17, 15) is 20.1 Å². The predicted molar refractivity (Wildman–Crippen MR) is 128 cm³/mol. The lowest BCUT2D eigenvalue weighted by molar-refractivity contribution is -0.174. The number of fused-ring (bicyclic) bond motifs is 1. The Morgan fingerprint density at radius 3 is 2.24 bits per heavy atom. The maximum atomic E-state index is 13.5. The van der Waals surface area contributed by atoms with Gasteiger partial charge in [-0.1, -0.05) is 71.1 Å². The highest BCUT2D eigenvalue weighted by Crippen LogP contribution is 2.39. The number of imidazole rings is 1. The first-order valence-electron chi connectivity index (χ1n) is 12.6. The normalized spacial score (nSPS) is 24.8. The topological polar surface area (TPSA) is 157 Å². The van der Waals surface area contributed by atoms with Crippen LogP contribution in [0.15, 0.2) is 12.7 Å². The van der Waals surface area contributed by atoms with Crippen molar-refractivity contribution in [3.63, 3.8) is 0 Å². The van der Waals surface area contributed by atoms with Crippen LogP contribution in [0.4, 0.5) is 5.82 Å². The number of unbranched alkanes of at least 4 members (excludes halogenated alkanes) is 10. The highest BCUT2D eigenvalue weighted by Gasteiger charge is 2.60. The average molecular weight is 478 g/mol. The largest absolute Gasteiger partial charge is 0.394 e. The lowest BCUT2D eigenvalue weighted by atomic mass is 9.94. The van der Waals surface area contributed by atoms with Crippen LogP contribution in [-0.2, 0) is 15.3 Å². The first-order valence-corrected chi connectivity index (χ1v) is 12.6. The van der Waals surface area contributed by atoms with Crippen LogP contribution in [0.25, 0.3) is 11.2 Å². The fraction of sp³-hybridized carbons (Fsp3) is 0.750. The Morgan fingerprint density at radius 2 is 1.65 bits per heavy atom. The minimum atomic E-state index is -1.94. The minimum absolute atomic E-state index is 0.128. The molecule has 5 N–H and O–H groups in total. The summed E-state index contributed by atoms with van der Waals surface area (Å²) in [6.07, 6.45) is 11.2. The first-order chi connectivity index (χ1) is 16.5. The number of carbonyl (C=O) groups excluding carboxylic acids is 1. The Bertz CT molecular complexity index is 922. The summed E-state index contributed by atoms with van der Waals surface area (Å²) in [5, 5.41) is 31.0. The molecular weight excluding hydrogens is 438 g/mol. The van der Waals surface area contributed by atoms with Gasteiger partial charge in [-0.25, -0.2) is 15.0 Å². The van der Waals surface area contributed by atoms with E-state index in [1.807, 2.05) is 0 Å². The van der Waals surface area contributed by atoms with Crippen LogP contribution in [0.1, 0.15) is 84.0 Å². The summed E-state index contributed by atoms with van der Waals surface area (Å²) in [5.74, 6) is -0.272. The number of ether oxygens (including phenoxy) is 1. The fourth-order valence-electron chi connectivity index (χ4n) is 4.74. The Morgan fingerprint density at radius 1 is 1.03 bits per heavy atom. The number of aliphatic hydroxyl groups excluding tert-OH is 3. The van der Waals surface area contributed by atoms with Crippen LogP contribution in [0.5, 0.6) is 0 Å². The molecule has 0 spiro atoms. The van der Waals surface area contributed by atoms with Gasteiger partial charge in [0.1, 0.15) is 36.5 Å². The molecular formula is C24H39N5O5. The van der Waals surface area contributed by atoms with Gasteiger partial charge < -0.3 is 25.8 Å². The van der Waals surface area contributed by atoms with Gasteiger partial charge in [-0.05, 0) is 6.42 Å². The maximum absolute atomic E-state index is 13.5. The van der Waals surface area contributed by atoms with Crippen LogP contribution < -0.4 is 5.73 Å². The smallest absolute Gasteiger partial charge is 0.236 e. The molecule has 10 heteroatoms.